The minimum absolute atomic E-state index is 0.0962. The molecule has 0 saturated carbocycles. The van der Waals surface area contributed by atoms with Gasteiger partial charge in [0, 0.05) is 5.56 Å². The molecule has 0 fully saturated rings. The Labute approximate surface area is 150 Å². The lowest BCUT2D eigenvalue weighted by Gasteiger charge is -2.38. The molecule has 0 bridgehead atoms. The summed E-state index contributed by atoms with van der Waals surface area (Å²) in [6, 6.07) is 4.77. The Bertz CT molecular complexity index is 570. The van der Waals surface area contributed by atoms with Gasteiger partial charge in [0.15, 0.2) is 8.32 Å². The largest absolute Gasteiger partial charge is 0.543 e. The van der Waals surface area contributed by atoms with Gasteiger partial charge >= 0.3 is 0 Å². The van der Waals surface area contributed by atoms with Crippen molar-refractivity contribution in [2.24, 2.45) is 0 Å². The maximum Gasteiger partial charge on any atom is 0.250 e. The predicted molar refractivity (Wildman–Crippen MR) is 106 cm³/mol. The van der Waals surface area contributed by atoms with Gasteiger partial charge < -0.3 is 8.85 Å². The molecule has 2 nitrogen and oxygen atoms in total. The van der Waals surface area contributed by atoms with Crippen LogP contribution in [0.4, 0.5) is 4.39 Å². The van der Waals surface area contributed by atoms with E-state index < -0.39 is 16.6 Å². The third kappa shape index (κ3) is 5.17. The Morgan fingerprint density at radius 1 is 0.875 bits per heavy atom. The van der Waals surface area contributed by atoms with Crippen molar-refractivity contribution in [3.63, 3.8) is 0 Å². The maximum atomic E-state index is 13.8. The molecule has 0 aliphatic carbocycles. The molecule has 1 aromatic rings. The normalized spacial score (nSPS) is 14.0. The van der Waals surface area contributed by atoms with Crippen molar-refractivity contribution < 1.29 is 13.2 Å². The lowest BCUT2D eigenvalue weighted by atomic mass is 10.2. The zero-order valence-electron chi connectivity index (χ0n) is 17.1. The first-order chi connectivity index (χ1) is 10.6. The number of hydrogen-bond acceptors (Lipinski definition) is 2. The van der Waals surface area contributed by atoms with E-state index in [1.165, 1.54) is 6.07 Å². The molecule has 0 N–H and O–H groups in total. The summed E-state index contributed by atoms with van der Waals surface area (Å²) in [5.41, 5.74) is 0.810. The van der Waals surface area contributed by atoms with Crippen LogP contribution < -0.4 is 4.43 Å². The van der Waals surface area contributed by atoms with Gasteiger partial charge in [0.2, 0.25) is 8.32 Å². The van der Waals surface area contributed by atoms with Crippen molar-refractivity contribution in [2.45, 2.75) is 84.4 Å². The molecule has 0 spiro atoms. The number of rotatable bonds is 5. The van der Waals surface area contributed by atoms with E-state index in [1.54, 1.807) is 12.1 Å². The number of halogens is 1. The highest BCUT2D eigenvalue weighted by Crippen LogP contribution is 2.40. The summed E-state index contributed by atoms with van der Waals surface area (Å²) in [6.45, 7) is 22.5. The lowest BCUT2D eigenvalue weighted by Crippen LogP contribution is -2.44. The van der Waals surface area contributed by atoms with Crippen LogP contribution in [0, 0.1) is 5.82 Å². The van der Waals surface area contributed by atoms with Gasteiger partial charge in [-0.25, -0.2) is 4.39 Å². The second kappa shape index (κ2) is 6.92. The molecule has 0 amide bonds. The van der Waals surface area contributed by atoms with Crippen molar-refractivity contribution in [3.05, 3.63) is 29.6 Å². The molecular weight excluding hydrogens is 335 g/mol. The summed E-state index contributed by atoms with van der Waals surface area (Å²) in [5.74, 6) is 0.521. The van der Waals surface area contributed by atoms with Gasteiger partial charge in [-0.2, -0.15) is 0 Å². The van der Waals surface area contributed by atoms with Crippen LogP contribution in [0.1, 0.15) is 47.1 Å². The first-order valence-electron chi connectivity index (χ1n) is 8.68. The van der Waals surface area contributed by atoms with Crippen LogP contribution in [0.3, 0.4) is 0 Å². The van der Waals surface area contributed by atoms with Gasteiger partial charge in [-0.3, -0.25) is 0 Å². The summed E-state index contributed by atoms with van der Waals surface area (Å²) >= 11 is 0. The monoisotopic (exact) mass is 370 g/mol. The van der Waals surface area contributed by atoms with E-state index in [4.69, 9.17) is 8.85 Å². The minimum atomic E-state index is -1.97. The van der Waals surface area contributed by atoms with Gasteiger partial charge in [-0.1, -0.05) is 41.5 Å². The molecule has 0 aliphatic heterocycles. The number of benzene rings is 1. The molecule has 1 rings (SSSR count). The molecule has 24 heavy (non-hydrogen) atoms. The highest BCUT2D eigenvalue weighted by molar-refractivity contribution is 6.75. The fourth-order valence-corrected chi connectivity index (χ4v) is 3.67. The first kappa shape index (κ1) is 21.4. The predicted octanol–water partition coefficient (Wildman–Crippen LogP) is 6.73. The average molecular weight is 371 g/mol. The maximum absolute atomic E-state index is 13.8. The zero-order chi connectivity index (χ0) is 19.0. The lowest BCUT2D eigenvalue weighted by molar-refractivity contribution is 0.272. The summed E-state index contributed by atoms with van der Waals surface area (Å²) in [5, 5.41) is 0.222. The Hall–Kier alpha value is -0.656. The van der Waals surface area contributed by atoms with Crippen LogP contribution in [0.2, 0.25) is 36.3 Å². The quantitative estimate of drug-likeness (QED) is 0.535. The van der Waals surface area contributed by atoms with Gasteiger partial charge in [-0.05, 0) is 54.5 Å². The highest BCUT2D eigenvalue weighted by atomic mass is 28.4. The van der Waals surface area contributed by atoms with E-state index in [0.717, 1.165) is 11.3 Å². The van der Waals surface area contributed by atoms with Crippen LogP contribution in [-0.4, -0.2) is 16.6 Å². The molecule has 0 aliphatic rings. The Morgan fingerprint density at radius 3 is 1.83 bits per heavy atom. The van der Waals surface area contributed by atoms with E-state index in [2.05, 4.69) is 67.7 Å². The molecule has 0 heterocycles. The summed E-state index contributed by atoms with van der Waals surface area (Å²) in [4.78, 5) is 0. The van der Waals surface area contributed by atoms with Crippen molar-refractivity contribution in [3.8, 4) is 5.75 Å². The smallest absolute Gasteiger partial charge is 0.250 e. The molecule has 0 aromatic heterocycles. The van der Waals surface area contributed by atoms with Gasteiger partial charge in [0.05, 0.1) is 6.61 Å². The standard InChI is InChI=1S/C19H35FO2Si2/c1-18(2,3)23(7,8)21-14-15-13-16(20)11-12-17(15)22-24(9,10)19(4,5)6/h11-13H,14H2,1-10H3. The Morgan fingerprint density at radius 2 is 1.38 bits per heavy atom. The summed E-state index contributed by atoms with van der Waals surface area (Å²) in [7, 11) is -3.86. The Balaban J connectivity index is 3.06. The fourth-order valence-electron chi connectivity index (χ4n) is 1.66. The second-order valence-corrected chi connectivity index (χ2v) is 19.2. The second-order valence-electron chi connectivity index (χ2n) is 9.66. The van der Waals surface area contributed by atoms with Crippen LogP contribution in [0.15, 0.2) is 18.2 Å². The average Bonchev–Trinajstić information content (AvgIpc) is 2.36. The summed E-state index contributed by atoms with van der Waals surface area (Å²) in [6.07, 6.45) is 0. The fraction of sp³-hybridized carbons (Fsp3) is 0.684. The topological polar surface area (TPSA) is 18.5 Å². The van der Waals surface area contributed by atoms with E-state index >= 15 is 0 Å². The first-order valence-corrected chi connectivity index (χ1v) is 14.5. The van der Waals surface area contributed by atoms with Crippen molar-refractivity contribution >= 4 is 16.6 Å². The van der Waals surface area contributed by atoms with Crippen LogP contribution in [-0.2, 0) is 11.0 Å². The van der Waals surface area contributed by atoms with E-state index in [0.29, 0.717) is 6.61 Å². The minimum Gasteiger partial charge on any atom is -0.543 e. The van der Waals surface area contributed by atoms with Crippen molar-refractivity contribution in [2.75, 3.05) is 0 Å². The third-order valence-corrected chi connectivity index (χ3v) is 14.4. The molecule has 138 valence electrons. The van der Waals surface area contributed by atoms with Crippen LogP contribution in [0.25, 0.3) is 0 Å². The molecule has 1 aromatic carbocycles. The SMILES string of the molecule is CC(C)(C)[Si](C)(C)OCc1cc(F)ccc1O[Si](C)(C)C(C)(C)C. The van der Waals surface area contributed by atoms with Crippen LogP contribution >= 0.6 is 0 Å². The van der Waals surface area contributed by atoms with Crippen molar-refractivity contribution in [1.29, 1.82) is 0 Å². The van der Waals surface area contributed by atoms with E-state index in [1.807, 2.05) is 0 Å². The van der Waals surface area contributed by atoms with Crippen molar-refractivity contribution in [1.82, 2.24) is 0 Å². The molecule has 5 heteroatoms. The highest BCUT2D eigenvalue weighted by Gasteiger charge is 2.40. The molecule has 0 saturated heterocycles. The van der Waals surface area contributed by atoms with Gasteiger partial charge in [-0.15, -0.1) is 0 Å². The van der Waals surface area contributed by atoms with Gasteiger partial charge in [0.1, 0.15) is 11.6 Å². The summed E-state index contributed by atoms with van der Waals surface area (Å²) < 4.78 is 26.5. The Kier molecular flexibility index (Phi) is 6.17. The molecular formula is C19H35FO2Si2. The van der Waals surface area contributed by atoms with Gasteiger partial charge in [0.25, 0.3) is 0 Å². The molecule has 0 atom stereocenters. The van der Waals surface area contributed by atoms with E-state index in [9.17, 15) is 4.39 Å². The molecule has 0 radical (unpaired) electrons. The number of hydrogen-bond donors (Lipinski definition) is 0. The third-order valence-electron chi connectivity index (χ3n) is 5.59. The van der Waals surface area contributed by atoms with E-state index in [-0.39, 0.29) is 15.9 Å². The van der Waals surface area contributed by atoms with Crippen LogP contribution in [0.5, 0.6) is 5.75 Å². The molecule has 0 unspecified atom stereocenters. The zero-order valence-corrected chi connectivity index (χ0v) is 19.1.